The zero-order valence-corrected chi connectivity index (χ0v) is 7.13. The van der Waals surface area contributed by atoms with Gasteiger partial charge in [-0.2, -0.15) is 8.42 Å². The molecule has 0 saturated carbocycles. The van der Waals surface area contributed by atoms with Crippen molar-refractivity contribution in [2.45, 2.75) is 6.42 Å². The summed E-state index contributed by atoms with van der Waals surface area (Å²) in [5, 5.41) is 2.59. The molecule has 0 atom stereocenters. The van der Waals surface area contributed by atoms with E-state index in [1.807, 2.05) is 0 Å². The Morgan fingerprint density at radius 2 is 2.20 bits per heavy atom. The van der Waals surface area contributed by atoms with Crippen LogP contribution in [0, 0.1) is 0 Å². The van der Waals surface area contributed by atoms with Crippen molar-refractivity contribution in [2.24, 2.45) is 0 Å². The molecule has 0 aliphatic rings. The summed E-state index contributed by atoms with van der Waals surface area (Å²) < 4.78 is 28.5. The maximum atomic E-state index is 10.1. The fourth-order valence-electron chi connectivity index (χ4n) is 0.347. The van der Waals surface area contributed by atoms with Gasteiger partial charge in [0.05, 0.1) is 10.7 Å². The van der Waals surface area contributed by atoms with E-state index in [9.17, 15) is 8.42 Å². The molecule has 0 fully saturated rings. The first kappa shape index (κ1) is 9.80. The molecule has 0 aliphatic carbocycles. The highest BCUT2D eigenvalue weighted by atomic mass is 32.2. The minimum atomic E-state index is -3.86. The normalized spacial score (nSPS) is 11.0. The smallest absolute Gasteiger partial charge is 0.265 e. The zero-order valence-electron chi connectivity index (χ0n) is 5.49. The van der Waals surface area contributed by atoms with Crippen LogP contribution in [0.1, 0.15) is 6.42 Å². The molecule has 0 aliphatic heterocycles. The van der Waals surface area contributed by atoms with E-state index in [2.05, 4.69) is 17.5 Å². The van der Waals surface area contributed by atoms with Crippen LogP contribution in [-0.4, -0.2) is 30.8 Å². The molecule has 10 heavy (non-hydrogen) atoms. The van der Waals surface area contributed by atoms with Gasteiger partial charge in [-0.15, -0.1) is 0 Å². The largest absolute Gasteiger partial charge is 0.383 e. The molecular weight excluding hydrogens is 174 g/mol. The highest BCUT2D eigenvalue weighted by Gasteiger charge is 2.04. The average Bonchev–Trinajstić information content (AvgIpc) is 1.81. The summed E-state index contributed by atoms with van der Waals surface area (Å²) in [5.74, 6) is -0.313. The minimum Gasteiger partial charge on any atom is -0.383 e. The van der Waals surface area contributed by atoms with Crippen LogP contribution in [0.2, 0.25) is 0 Å². The third kappa shape index (κ3) is 5.93. The Balaban J connectivity index is 3.67. The molecule has 0 aromatic rings. The van der Waals surface area contributed by atoms with E-state index < -0.39 is 10.1 Å². The lowest BCUT2D eigenvalue weighted by Crippen LogP contribution is -2.19. The van der Waals surface area contributed by atoms with E-state index in [0.717, 1.165) is 0 Å². The highest BCUT2D eigenvalue weighted by molar-refractivity contribution is 7.86. The van der Waals surface area contributed by atoms with Gasteiger partial charge in [0.15, 0.2) is 0 Å². The van der Waals surface area contributed by atoms with E-state index in [1.54, 1.807) is 7.05 Å². The first-order valence-electron chi connectivity index (χ1n) is 2.61. The van der Waals surface area contributed by atoms with Gasteiger partial charge in [-0.3, -0.25) is 4.55 Å². The Bertz CT molecular complexity index is 209. The van der Waals surface area contributed by atoms with Gasteiger partial charge < -0.3 is 5.32 Å². The Kier molecular flexibility index (Phi) is 3.77. The van der Waals surface area contributed by atoms with Crippen molar-refractivity contribution >= 4 is 27.3 Å². The summed E-state index contributed by atoms with van der Waals surface area (Å²) in [6.07, 6.45) is 0.171. The molecule has 60 valence electrons. The van der Waals surface area contributed by atoms with Crippen LogP contribution in [0.15, 0.2) is 0 Å². The molecular formula is C4H9NO3S2. The number of hydrogen-bond donors (Lipinski definition) is 2. The van der Waals surface area contributed by atoms with Crippen LogP contribution in [-0.2, 0) is 10.1 Å². The molecule has 2 N–H and O–H groups in total. The van der Waals surface area contributed by atoms with Gasteiger partial charge in [-0.25, -0.2) is 0 Å². The van der Waals surface area contributed by atoms with Crippen molar-refractivity contribution in [3.05, 3.63) is 0 Å². The fraction of sp³-hybridized carbons (Fsp3) is 0.750. The molecule has 4 nitrogen and oxygen atoms in total. The summed E-state index contributed by atoms with van der Waals surface area (Å²) in [7, 11) is -2.25. The maximum Gasteiger partial charge on any atom is 0.265 e. The monoisotopic (exact) mass is 183 g/mol. The molecule has 0 aromatic carbocycles. The molecule has 0 aromatic heterocycles. The second kappa shape index (κ2) is 3.85. The summed E-state index contributed by atoms with van der Waals surface area (Å²) in [4.78, 5) is 0.428. The van der Waals surface area contributed by atoms with Gasteiger partial charge in [0.1, 0.15) is 0 Å². The number of hydrogen-bond acceptors (Lipinski definition) is 3. The van der Waals surface area contributed by atoms with Crippen molar-refractivity contribution < 1.29 is 13.0 Å². The lowest BCUT2D eigenvalue weighted by atomic mass is 10.5. The van der Waals surface area contributed by atoms with E-state index in [4.69, 9.17) is 4.55 Å². The van der Waals surface area contributed by atoms with Crippen LogP contribution in [0.4, 0.5) is 0 Å². The van der Waals surface area contributed by atoms with Crippen molar-refractivity contribution in [1.29, 1.82) is 0 Å². The topological polar surface area (TPSA) is 66.4 Å². The Morgan fingerprint density at radius 1 is 1.70 bits per heavy atom. The molecule has 0 unspecified atom stereocenters. The Labute approximate surface area is 65.4 Å². The molecule has 0 bridgehead atoms. The molecule has 0 amide bonds. The predicted octanol–water partition coefficient (Wildman–Crippen LogP) is -0.189. The van der Waals surface area contributed by atoms with Crippen molar-refractivity contribution in [3.63, 3.8) is 0 Å². The Morgan fingerprint density at radius 3 is 2.50 bits per heavy atom. The second-order valence-corrected chi connectivity index (χ2v) is 3.77. The molecule has 0 heterocycles. The third-order valence-corrected chi connectivity index (χ3v) is 1.99. The van der Waals surface area contributed by atoms with E-state index in [0.29, 0.717) is 4.99 Å². The molecule has 0 saturated heterocycles. The standard InChI is InChI=1S/C4H9NO3S2/c1-5-4(9)2-3-10(6,7)8/h2-3H2,1H3,(H,5,9)(H,6,7,8). The first-order valence-corrected chi connectivity index (χ1v) is 4.63. The lowest BCUT2D eigenvalue weighted by Gasteiger charge is -1.98. The average molecular weight is 183 g/mol. The molecule has 0 radical (unpaired) electrons. The van der Waals surface area contributed by atoms with Gasteiger partial charge >= 0.3 is 0 Å². The number of thiocarbonyl (C=S) groups is 1. The van der Waals surface area contributed by atoms with Crippen LogP contribution in [0.25, 0.3) is 0 Å². The quantitative estimate of drug-likeness (QED) is 0.469. The summed E-state index contributed by atoms with van der Waals surface area (Å²) in [6, 6.07) is 0. The van der Waals surface area contributed by atoms with E-state index >= 15 is 0 Å². The van der Waals surface area contributed by atoms with Crippen molar-refractivity contribution in [2.75, 3.05) is 12.8 Å². The second-order valence-electron chi connectivity index (χ2n) is 1.71. The Hall–Kier alpha value is -0.200. The summed E-state index contributed by atoms with van der Waals surface area (Å²) in [5.41, 5.74) is 0. The van der Waals surface area contributed by atoms with E-state index in [-0.39, 0.29) is 12.2 Å². The van der Waals surface area contributed by atoms with Crippen LogP contribution >= 0.6 is 12.2 Å². The fourth-order valence-corrected chi connectivity index (χ4v) is 1.04. The van der Waals surface area contributed by atoms with Gasteiger partial charge in [0.2, 0.25) is 0 Å². The highest BCUT2D eigenvalue weighted by Crippen LogP contribution is 1.88. The van der Waals surface area contributed by atoms with Crippen molar-refractivity contribution in [3.8, 4) is 0 Å². The minimum absolute atomic E-state index is 0.171. The van der Waals surface area contributed by atoms with Gasteiger partial charge in [0.25, 0.3) is 10.1 Å². The lowest BCUT2D eigenvalue weighted by molar-refractivity contribution is 0.483. The van der Waals surface area contributed by atoms with Crippen LogP contribution in [0.5, 0.6) is 0 Å². The van der Waals surface area contributed by atoms with E-state index in [1.165, 1.54) is 0 Å². The molecule has 6 heteroatoms. The molecule has 0 spiro atoms. The van der Waals surface area contributed by atoms with Crippen LogP contribution in [0.3, 0.4) is 0 Å². The third-order valence-electron chi connectivity index (χ3n) is 0.866. The SMILES string of the molecule is CNC(=S)CCS(=O)(=O)O. The van der Waals surface area contributed by atoms with Gasteiger partial charge in [-0.1, -0.05) is 12.2 Å². The summed E-state index contributed by atoms with van der Waals surface area (Å²) in [6.45, 7) is 0. The van der Waals surface area contributed by atoms with Gasteiger partial charge in [-0.05, 0) is 0 Å². The predicted molar refractivity (Wildman–Crippen MR) is 42.7 cm³/mol. The van der Waals surface area contributed by atoms with Gasteiger partial charge in [0, 0.05) is 13.5 Å². The van der Waals surface area contributed by atoms with Crippen LogP contribution < -0.4 is 5.32 Å². The number of nitrogens with one attached hydrogen (secondary N) is 1. The van der Waals surface area contributed by atoms with Crippen molar-refractivity contribution in [1.82, 2.24) is 5.32 Å². The summed E-state index contributed by atoms with van der Waals surface area (Å²) >= 11 is 4.64. The molecule has 0 rings (SSSR count). The maximum absolute atomic E-state index is 10.1. The zero-order chi connectivity index (χ0) is 8.20. The first-order chi connectivity index (χ1) is 4.45. The number of rotatable bonds is 3.